The molecule has 0 fully saturated rings. The molecular weight excluding hydrogens is 402 g/mol. The SMILES string of the molecule is CC(C)(C)OC(=O)N[C@H]1Cc2ccc(N)cc2C1.CCc1ccc(S(N)(=O)=O)cc1. The molecule has 5 N–H and O–H groups in total. The van der Waals surface area contributed by atoms with Gasteiger partial charge in [0.1, 0.15) is 5.60 Å². The smallest absolute Gasteiger partial charge is 0.407 e. The van der Waals surface area contributed by atoms with Crippen LogP contribution in [-0.2, 0) is 34.0 Å². The van der Waals surface area contributed by atoms with E-state index >= 15 is 0 Å². The highest BCUT2D eigenvalue weighted by molar-refractivity contribution is 7.89. The number of fused-ring (bicyclic) bond motifs is 1. The lowest BCUT2D eigenvalue weighted by Gasteiger charge is -2.21. The number of nitrogens with two attached hydrogens (primary N) is 2. The molecule has 2 aromatic carbocycles. The van der Waals surface area contributed by atoms with E-state index in [2.05, 4.69) is 5.32 Å². The van der Waals surface area contributed by atoms with Crippen molar-refractivity contribution in [2.75, 3.05) is 5.73 Å². The number of nitrogen functional groups attached to an aromatic ring is 1. The number of primary sulfonamides is 1. The fraction of sp³-hybridized carbons (Fsp3) is 0.409. The van der Waals surface area contributed by atoms with Gasteiger partial charge in [-0.15, -0.1) is 0 Å². The van der Waals surface area contributed by atoms with Crippen LogP contribution < -0.4 is 16.2 Å². The minimum atomic E-state index is -3.53. The molecule has 2 aromatic rings. The fourth-order valence-corrected chi connectivity index (χ4v) is 3.64. The van der Waals surface area contributed by atoms with Crippen molar-refractivity contribution in [1.82, 2.24) is 5.32 Å². The predicted molar refractivity (Wildman–Crippen MR) is 119 cm³/mol. The van der Waals surface area contributed by atoms with Crippen LogP contribution in [0.4, 0.5) is 10.5 Å². The van der Waals surface area contributed by atoms with E-state index in [1.807, 2.05) is 45.9 Å². The van der Waals surface area contributed by atoms with Gasteiger partial charge < -0.3 is 15.8 Å². The zero-order valence-electron chi connectivity index (χ0n) is 17.9. The lowest BCUT2D eigenvalue weighted by molar-refractivity contribution is 0.0506. The van der Waals surface area contributed by atoms with Gasteiger partial charge in [0.25, 0.3) is 0 Å². The Morgan fingerprint density at radius 1 is 1.10 bits per heavy atom. The van der Waals surface area contributed by atoms with Crippen molar-refractivity contribution in [3.63, 3.8) is 0 Å². The molecule has 0 aliphatic heterocycles. The van der Waals surface area contributed by atoms with E-state index in [1.54, 1.807) is 12.1 Å². The number of carbonyl (C=O) groups excluding carboxylic acids is 1. The monoisotopic (exact) mass is 433 g/mol. The summed E-state index contributed by atoms with van der Waals surface area (Å²) in [6, 6.07) is 12.6. The van der Waals surface area contributed by atoms with Gasteiger partial charge in [0.05, 0.1) is 4.90 Å². The Morgan fingerprint density at radius 2 is 1.70 bits per heavy atom. The number of sulfonamides is 1. The molecule has 0 spiro atoms. The van der Waals surface area contributed by atoms with E-state index < -0.39 is 15.6 Å². The van der Waals surface area contributed by atoms with Crippen LogP contribution in [0, 0.1) is 0 Å². The maximum Gasteiger partial charge on any atom is 0.407 e. The number of hydrogen-bond donors (Lipinski definition) is 3. The highest BCUT2D eigenvalue weighted by atomic mass is 32.2. The summed E-state index contributed by atoms with van der Waals surface area (Å²) >= 11 is 0. The molecule has 0 unspecified atom stereocenters. The van der Waals surface area contributed by atoms with E-state index in [4.69, 9.17) is 15.6 Å². The molecule has 164 valence electrons. The molecule has 30 heavy (non-hydrogen) atoms. The molecule has 0 heterocycles. The van der Waals surface area contributed by atoms with Crippen molar-refractivity contribution in [3.05, 3.63) is 59.2 Å². The third-order valence-corrected chi connectivity index (χ3v) is 5.47. The average molecular weight is 434 g/mol. The van der Waals surface area contributed by atoms with Crippen LogP contribution in [0.5, 0.6) is 0 Å². The first-order valence-corrected chi connectivity index (χ1v) is 11.4. The number of amides is 1. The van der Waals surface area contributed by atoms with Gasteiger partial charge in [-0.25, -0.2) is 18.4 Å². The van der Waals surface area contributed by atoms with Crippen molar-refractivity contribution in [3.8, 4) is 0 Å². The normalized spacial score (nSPS) is 15.6. The van der Waals surface area contributed by atoms with Crippen LogP contribution in [0.3, 0.4) is 0 Å². The number of aryl methyl sites for hydroxylation is 1. The van der Waals surface area contributed by atoms with E-state index in [-0.39, 0.29) is 17.0 Å². The Kier molecular flexibility index (Phi) is 7.49. The van der Waals surface area contributed by atoms with Crippen molar-refractivity contribution in [2.24, 2.45) is 5.14 Å². The number of alkyl carbamates (subject to hydrolysis) is 1. The second kappa shape index (κ2) is 9.49. The van der Waals surface area contributed by atoms with Crippen LogP contribution in [-0.4, -0.2) is 26.2 Å². The molecule has 0 saturated heterocycles. The number of ether oxygens (including phenoxy) is 1. The summed E-state index contributed by atoms with van der Waals surface area (Å²) in [6.07, 6.45) is 2.20. The number of rotatable bonds is 3. The summed E-state index contributed by atoms with van der Waals surface area (Å²) in [5.74, 6) is 0. The quantitative estimate of drug-likeness (QED) is 0.641. The second-order valence-corrected chi connectivity index (χ2v) is 9.88. The van der Waals surface area contributed by atoms with Gasteiger partial charge >= 0.3 is 6.09 Å². The highest BCUT2D eigenvalue weighted by Gasteiger charge is 2.25. The number of benzene rings is 2. The maximum absolute atomic E-state index is 11.7. The molecule has 1 atom stereocenters. The molecule has 8 heteroatoms. The number of nitrogens with one attached hydrogen (secondary N) is 1. The number of anilines is 1. The summed E-state index contributed by atoms with van der Waals surface area (Å²) in [4.78, 5) is 11.8. The fourth-order valence-electron chi connectivity index (χ4n) is 3.13. The van der Waals surface area contributed by atoms with Crippen molar-refractivity contribution < 1.29 is 17.9 Å². The van der Waals surface area contributed by atoms with Crippen LogP contribution in [0.25, 0.3) is 0 Å². The number of carbonyl (C=O) groups is 1. The van der Waals surface area contributed by atoms with Crippen molar-refractivity contribution in [2.45, 2.75) is 63.5 Å². The summed E-state index contributed by atoms with van der Waals surface area (Å²) in [7, 11) is -3.53. The highest BCUT2D eigenvalue weighted by Crippen LogP contribution is 2.24. The Hall–Kier alpha value is -2.58. The molecule has 0 aromatic heterocycles. The van der Waals surface area contributed by atoms with Gasteiger partial charge in [-0.3, -0.25) is 0 Å². The minimum absolute atomic E-state index is 0.108. The Balaban J connectivity index is 0.000000232. The molecule has 1 aliphatic carbocycles. The first kappa shape index (κ1) is 23.7. The Morgan fingerprint density at radius 3 is 2.23 bits per heavy atom. The van der Waals surface area contributed by atoms with Gasteiger partial charge in [-0.1, -0.05) is 25.1 Å². The largest absolute Gasteiger partial charge is 0.444 e. The predicted octanol–water partition coefficient (Wildman–Crippen LogP) is 3.16. The van der Waals surface area contributed by atoms with Gasteiger partial charge in [0.15, 0.2) is 0 Å². The summed E-state index contributed by atoms with van der Waals surface area (Å²) < 4.78 is 26.9. The average Bonchev–Trinajstić information content (AvgIpc) is 3.01. The Labute approximate surface area is 178 Å². The third-order valence-electron chi connectivity index (χ3n) is 4.54. The first-order chi connectivity index (χ1) is 13.9. The summed E-state index contributed by atoms with van der Waals surface area (Å²) in [5, 5.41) is 7.82. The van der Waals surface area contributed by atoms with Gasteiger partial charge in [0, 0.05) is 11.7 Å². The zero-order chi connectivity index (χ0) is 22.5. The van der Waals surface area contributed by atoms with Gasteiger partial charge in [0.2, 0.25) is 10.0 Å². The van der Waals surface area contributed by atoms with E-state index in [9.17, 15) is 13.2 Å². The van der Waals surface area contributed by atoms with Gasteiger partial charge in [-0.2, -0.15) is 0 Å². The maximum atomic E-state index is 11.7. The van der Waals surface area contributed by atoms with E-state index in [0.29, 0.717) is 0 Å². The minimum Gasteiger partial charge on any atom is -0.444 e. The molecule has 7 nitrogen and oxygen atoms in total. The van der Waals surface area contributed by atoms with Crippen LogP contribution in [0.2, 0.25) is 0 Å². The van der Waals surface area contributed by atoms with Gasteiger partial charge in [-0.05, 0) is 81.0 Å². The molecule has 1 aliphatic rings. The molecular formula is C22H31N3O4S. The third kappa shape index (κ3) is 7.35. The van der Waals surface area contributed by atoms with Crippen LogP contribution in [0.15, 0.2) is 47.4 Å². The van der Waals surface area contributed by atoms with E-state index in [0.717, 1.165) is 30.5 Å². The summed E-state index contributed by atoms with van der Waals surface area (Å²) in [5.41, 5.74) is 9.63. The van der Waals surface area contributed by atoms with Crippen LogP contribution in [0.1, 0.15) is 44.4 Å². The molecule has 1 amide bonds. The summed E-state index contributed by atoms with van der Waals surface area (Å²) in [6.45, 7) is 7.58. The van der Waals surface area contributed by atoms with Crippen molar-refractivity contribution in [1.29, 1.82) is 0 Å². The molecule has 3 rings (SSSR count). The Bertz CT molecular complexity index is 980. The lowest BCUT2D eigenvalue weighted by atomic mass is 10.1. The zero-order valence-corrected chi connectivity index (χ0v) is 18.8. The van der Waals surface area contributed by atoms with Crippen molar-refractivity contribution >= 4 is 21.8 Å². The lowest BCUT2D eigenvalue weighted by Crippen LogP contribution is -2.39. The first-order valence-electron chi connectivity index (χ1n) is 9.86. The number of hydrogen-bond acceptors (Lipinski definition) is 5. The molecule has 0 bridgehead atoms. The van der Waals surface area contributed by atoms with E-state index in [1.165, 1.54) is 23.3 Å². The topological polar surface area (TPSA) is 125 Å². The molecule has 0 radical (unpaired) electrons. The molecule has 0 saturated carbocycles. The second-order valence-electron chi connectivity index (χ2n) is 8.32. The van der Waals surface area contributed by atoms with Crippen LogP contribution >= 0.6 is 0 Å². The standard InChI is InChI=1S/C14H20N2O2.C8H11NO2S/c1-14(2,3)18-13(17)16-12-7-9-4-5-11(15)6-10(9)8-12;1-2-7-3-5-8(6-4-7)12(9,10)11/h4-6,12H,7-8,15H2,1-3H3,(H,16,17);3-6H,2H2,1H3,(H2,9,10,11)/t12-;/m0./s1.